The Kier molecular flexibility index (Phi) is 4.16. The van der Waals surface area contributed by atoms with E-state index in [9.17, 15) is 0 Å². The first kappa shape index (κ1) is 11.0. The summed E-state index contributed by atoms with van der Waals surface area (Å²) in [4.78, 5) is 4.76. The van der Waals surface area contributed by atoms with Crippen LogP contribution in [0.4, 0.5) is 0 Å². The maximum atomic E-state index is 3.48. The molecule has 78 valence electrons. The third kappa shape index (κ3) is 3.25. The first-order valence-corrected chi connectivity index (χ1v) is 5.18. The van der Waals surface area contributed by atoms with Crippen LogP contribution in [0.1, 0.15) is 13.3 Å². The molecule has 3 heteroatoms. The van der Waals surface area contributed by atoms with Gasteiger partial charge in [-0.25, -0.2) is 0 Å². The fraction of sp³-hybridized carbons (Fsp3) is 1.00. The molecule has 13 heavy (non-hydrogen) atoms. The normalized spacial score (nSPS) is 31.2. The standard InChI is InChI=1S/C10H23N3/c1-9-7-11-8-10(13(9)4)5-6-12(2)3/h9-11H,5-8H2,1-4H3/t9-,10?/m0/s1. The minimum absolute atomic E-state index is 0.681. The quantitative estimate of drug-likeness (QED) is 0.679. The Bertz CT molecular complexity index is 147. The molecule has 2 atom stereocenters. The lowest BCUT2D eigenvalue weighted by atomic mass is 10.1. The van der Waals surface area contributed by atoms with Crippen LogP contribution in [0, 0.1) is 0 Å². The molecule has 1 aliphatic heterocycles. The van der Waals surface area contributed by atoms with Gasteiger partial charge in [0.25, 0.3) is 0 Å². The molecule has 1 N–H and O–H groups in total. The van der Waals surface area contributed by atoms with Crippen LogP contribution in [0.2, 0.25) is 0 Å². The second-order valence-electron chi connectivity index (χ2n) is 4.42. The molecule has 0 amide bonds. The van der Waals surface area contributed by atoms with Gasteiger partial charge in [-0.3, -0.25) is 4.90 Å². The summed E-state index contributed by atoms with van der Waals surface area (Å²) in [6.07, 6.45) is 1.26. The maximum Gasteiger partial charge on any atom is 0.0233 e. The van der Waals surface area contributed by atoms with Crippen molar-refractivity contribution >= 4 is 0 Å². The van der Waals surface area contributed by atoms with Crippen molar-refractivity contribution in [2.45, 2.75) is 25.4 Å². The van der Waals surface area contributed by atoms with Crippen molar-refractivity contribution in [1.82, 2.24) is 15.1 Å². The van der Waals surface area contributed by atoms with Gasteiger partial charge in [0, 0.05) is 25.2 Å². The van der Waals surface area contributed by atoms with Crippen molar-refractivity contribution in [3.8, 4) is 0 Å². The van der Waals surface area contributed by atoms with Crippen LogP contribution in [-0.2, 0) is 0 Å². The van der Waals surface area contributed by atoms with E-state index in [-0.39, 0.29) is 0 Å². The molecule has 1 unspecified atom stereocenters. The van der Waals surface area contributed by atoms with Gasteiger partial charge in [0.1, 0.15) is 0 Å². The third-order valence-electron chi connectivity index (χ3n) is 3.00. The monoisotopic (exact) mass is 185 g/mol. The Morgan fingerprint density at radius 2 is 2.08 bits per heavy atom. The molecule has 0 spiro atoms. The fourth-order valence-corrected chi connectivity index (χ4v) is 1.82. The molecule has 0 saturated carbocycles. The minimum atomic E-state index is 0.681. The van der Waals surface area contributed by atoms with Crippen LogP contribution in [0.5, 0.6) is 0 Å². The number of hydrogen-bond donors (Lipinski definition) is 1. The Balaban J connectivity index is 2.31. The molecule has 3 nitrogen and oxygen atoms in total. The van der Waals surface area contributed by atoms with E-state index in [1.54, 1.807) is 0 Å². The molecular formula is C10H23N3. The maximum absolute atomic E-state index is 3.48. The summed E-state index contributed by atoms with van der Waals surface area (Å²) >= 11 is 0. The Labute approximate surface area is 82.1 Å². The first-order valence-electron chi connectivity index (χ1n) is 5.18. The zero-order chi connectivity index (χ0) is 9.84. The highest BCUT2D eigenvalue weighted by molar-refractivity contribution is 4.82. The summed E-state index contributed by atoms with van der Waals surface area (Å²) in [5, 5.41) is 3.48. The van der Waals surface area contributed by atoms with Gasteiger partial charge in [-0.1, -0.05) is 0 Å². The molecular weight excluding hydrogens is 162 g/mol. The van der Waals surface area contributed by atoms with Gasteiger partial charge in [0.15, 0.2) is 0 Å². The van der Waals surface area contributed by atoms with Crippen LogP contribution in [0.3, 0.4) is 0 Å². The smallest absolute Gasteiger partial charge is 0.0233 e. The van der Waals surface area contributed by atoms with E-state index in [1.165, 1.54) is 13.0 Å². The highest BCUT2D eigenvalue weighted by Crippen LogP contribution is 2.09. The second-order valence-corrected chi connectivity index (χ2v) is 4.42. The van der Waals surface area contributed by atoms with Crippen molar-refractivity contribution in [3.63, 3.8) is 0 Å². The van der Waals surface area contributed by atoms with E-state index in [2.05, 4.69) is 43.2 Å². The van der Waals surface area contributed by atoms with Crippen molar-refractivity contribution < 1.29 is 0 Å². The predicted molar refractivity (Wildman–Crippen MR) is 57.1 cm³/mol. The van der Waals surface area contributed by atoms with Gasteiger partial charge in [0.2, 0.25) is 0 Å². The van der Waals surface area contributed by atoms with E-state index in [0.29, 0.717) is 12.1 Å². The molecule has 1 fully saturated rings. The van der Waals surface area contributed by atoms with E-state index >= 15 is 0 Å². The lowest BCUT2D eigenvalue weighted by Crippen LogP contribution is -2.54. The summed E-state index contributed by atoms with van der Waals surface area (Å²) in [6.45, 7) is 5.75. The summed E-state index contributed by atoms with van der Waals surface area (Å²) in [5.41, 5.74) is 0. The van der Waals surface area contributed by atoms with Crippen molar-refractivity contribution in [2.24, 2.45) is 0 Å². The first-order chi connectivity index (χ1) is 6.11. The molecule has 1 saturated heterocycles. The summed E-state index contributed by atoms with van der Waals surface area (Å²) in [5.74, 6) is 0. The molecule has 0 aromatic carbocycles. The highest BCUT2D eigenvalue weighted by Gasteiger charge is 2.23. The van der Waals surface area contributed by atoms with Gasteiger partial charge in [-0.15, -0.1) is 0 Å². The molecule has 0 radical (unpaired) electrons. The van der Waals surface area contributed by atoms with E-state index < -0.39 is 0 Å². The van der Waals surface area contributed by atoms with Crippen LogP contribution in [-0.4, -0.2) is 62.7 Å². The van der Waals surface area contributed by atoms with Crippen molar-refractivity contribution in [1.29, 1.82) is 0 Å². The zero-order valence-electron chi connectivity index (χ0n) is 9.38. The van der Waals surface area contributed by atoms with Crippen LogP contribution in [0.15, 0.2) is 0 Å². The van der Waals surface area contributed by atoms with Gasteiger partial charge in [-0.2, -0.15) is 0 Å². The molecule has 1 rings (SSSR count). The van der Waals surface area contributed by atoms with Crippen molar-refractivity contribution in [3.05, 3.63) is 0 Å². The number of hydrogen-bond acceptors (Lipinski definition) is 3. The fourth-order valence-electron chi connectivity index (χ4n) is 1.82. The molecule has 1 heterocycles. The zero-order valence-corrected chi connectivity index (χ0v) is 9.38. The van der Waals surface area contributed by atoms with E-state index in [4.69, 9.17) is 0 Å². The summed E-state index contributed by atoms with van der Waals surface area (Å²) < 4.78 is 0. The number of piperazine rings is 1. The minimum Gasteiger partial charge on any atom is -0.314 e. The average Bonchev–Trinajstić information content (AvgIpc) is 2.07. The van der Waals surface area contributed by atoms with Crippen LogP contribution < -0.4 is 5.32 Å². The molecule has 0 aliphatic carbocycles. The van der Waals surface area contributed by atoms with Gasteiger partial charge in [0.05, 0.1) is 0 Å². The topological polar surface area (TPSA) is 18.5 Å². The third-order valence-corrected chi connectivity index (χ3v) is 3.00. The lowest BCUT2D eigenvalue weighted by molar-refractivity contribution is 0.126. The summed E-state index contributed by atoms with van der Waals surface area (Å²) in [7, 11) is 6.52. The molecule has 0 aromatic heterocycles. The Hall–Kier alpha value is -0.120. The van der Waals surface area contributed by atoms with Crippen molar-refractivity contribution in [2.75, 3.05) is 40.8 Å². The number of nitrogens with one attached hydrogen (secondary N) is 1. The molecule has 0 aromatic rings. The van der Waals surface area contributed by atoms with Gasteiger partial charge < -0.3 is 10.2 Å². The highest BCUT2D eigenvalue weighted by atomic mass is 15.2. The van der Waals surface area contributed by atoms with E-state index in [0.717, 1.165) is 13.1 Å². The Morgan fingerprint density at radius 1 is 1.38 bits per heavy atom. The van der Waals surface area contributed by atoms with Gasteiger partial charge in [-0.05, 0) is 41.0 Å². The SMILES string of the molecule is C[C@H]1CNCC(CCN(C)C)N1C. The number of likely N-dealkylation sites (N-methyl/N-ethyl adjacent to an activating group) is 1. The average molecular weight is 185 g/mol. The second kappa shape index (κ2) is 4.94. The molecule has 1 aliphatic rings. The van der Waals surface area contributed by atoms with E-state index in [1.807, 2.05) is 0 Å². The van der Waals surface area contributed by atoms with Crippen LogP contribution in [0.25, 0.3) is 0 Å². The lowest BCUT2D eigenvalue weighted by Gasteiger charge is -2.38. The Morgan fingerprint density at radius 3 is 2.69 bits per heavy atom. The predicted octanol–water partition coefficient (Wildman–Crippen LogP) is 0.230. The number of rotatable bonds is 3. The van der Waals surface area contributed by atoms with Crippen LogP contribution >= 0.6 is 0 Å². The number of nitrogens with zero attached hydrogens (tertiary/aromatic N) is 2. The summed E-state index contributed by atoms with van der Waals surface area (Å²) in [6, 6.07) is 1.40. The largest absolute Gasteiger partial charge is 0.314 e. The van der Waals surface area contributed by atoms with Gasteiger partial charge >= 0.3 is 0 Å². The molecule has 0 bridgehead atoms.